The average Bonchev–Trinajstić information content (AvgIpc) is 3.66. The number of nitrogens with one attached hydrogen (secondary N) is 4. The summed E-state index contributed by atoms with van der Waals surface area (Å²) in [6.45, 7) is 7.09. The van der Waals surface area contributed by atoms with Crippen LogP contribution in [-0.2, 0) is 20.9 Å². The van der Waals surface area contributed by atoms with Gasteiger partial charge in [-0.1, -0.05) is 0 Å². The third-order valence-electron chi connectivity index (χ3n) is 5.37. The maximum Gasteiger partial charge on any atom is 0.247 e. The zero-order chi connectivity index (χ0) is 25.5. The Hall–Kier alpha value is -3.01. The minimum atomic E-state index is -0.534. The summed E-state index contributed by atoms with van der Waals surface area (Å²) in [7, 11) is 1.40. The number of amides is 2. The molecule has 10 heteroatoms. The van der Waals surface area contributed by atoms with E-state index in [1.165, 1.54) is 13.3 Å². The highest BCUT2D eigenvalue weighted by molar-refractivity contribution is 6.00. The first kappa shape index (κ1) is 27.2. The molecule has 1 aromatic heterocycles. The molecule has 3 rings (SSSR count). The second kappa shape index (κ2) is 11.9. The number of methoxy groups -OCH3 is 1. The Kier molecular flexibility index (Phi) is 9.55. The topological polar surface area (TPSA) is 153 Å². The monoisotopic (exact) mass is 474 g/mol. The van der Waals surface area contributed by atoms with Crippen molar-refractivity contribution in [3.05, 3.63) is 24.0 Å². The lowest BCUT2D eigenvalue weighted by atomic mass is 9.89. The fourth-order valence-corrected chi connectivity index (χ4v) is 3.81. The Morgan fingerprint density at radius 3 is 2.29 bits per heavy atom. The van der Waals surface area contributed by atoms with Gasteiger partial charge in [-0.05, 0) is 77.2 Å². The highest BCUT2D eigenvalue weighted by Crippen LogP contribution is 2.50. The van der Waals surface area contributed by atoms with Crippen LogP contribution in [0, 0.1) is 28.6 Å². The Balaban J connectivity index is 0.000000739. The molecule has 0 spiro atoms. The van der Waals surface area contributed by atoms with Crippen LogP contribution < -0.4 is 10.6 Å². The lowest BCUT2D eigenvalue weighted by Gasteiger charge is -2.25. The number of ether oxygens (including phenoxy) is 1. The fourth-order valence-electron chi connectivity index (χ4n) is 3.81. The number of carbonyl (C=O) groups excluding carboxylic acids is 2. The second-order valence-corrected chi connectivity index (χ2v) is 9.99. The Bertz CT molecular complexity index is 891. The predicted molar refractivity (Wildman–Crippen MR) is 131 cm³/mol. The van der Waals surface area contributed by atoms with Crippen molar-refractivity contribution in [2.45, 2.75) is 71.6 Å². The van der Waals surface area contributed by atoms with Crippen molar-refractivity contribution >= 4 is 29.6 Å². The minimum absolute atomic E-state index is 0.0374. The zero-order valence-electron chi connectivity index (χ0n) is 20.7. The van der Waals surface area contributed by atoms with Gasteiger partial charge in [0.2, 0.25) is 18.2 Å². The van der Waals surface area contributed by atoms with Crippen molar-refractivity contribution in [2.75, 3.05) is 12.4 Å². The molecule has 2 amide bonds. The molecule has 1 aromatic rings. The summed E-state index contributed by atoms with van der Waals surface area (Å²) < 4.78 is 6.53. The maximum absolute atomic E-state index is 12.9. The molecule has 10 nitrogen and oxygen atoms in total. The third-order valence-corrected chi connectivity index (χ3v) is 5.37. The van der Waals surface area contributed by atoms with E-state index >= 15 is 0 Å². The lowest BCUT2D eigenvalue weighted by molar-refractivity contribution is -0.123. The number of allylic oxidation sites excluding steroid dienone is 1. The summed E-state index contributed by atoms with van der Waals surface area (Å²) >= 11 is 0. The summed E-state index contributed by atoms with van der Waals surface area (Å²) in [5, 5.41) is 33.8. The minimum Gasteiger partial charge on any atom is -0.481 e. The number of aliphatic hydroxyl groups is 1. The Labute approximate surface area is 201 Å². The summed E-state index contributed by atoms with van der Waals surface area (Å²) in [5.74, 6) is 0.972. The number of carbonyl (C=O) groups is 2. The molecule has 2 aliphatic carbocycles. The number of aromatic nitrogens is 2. The first-order valence-electron chi connectivity index (χ1n) is 11.6. The quantitative estimate of drug-likeness (QED) is 0.190. The first-order valence-corrected chi connectivity index (χ1v) is 11.6. The van der Waals surface area contributed by atoms with E-state index in [0.29, 0.717) is 35.2 Å². The van der Waals surface area contributed by atoms with Gasteiger partial charge in [0.1, 0.15) is 6.04 Å². The van der Waals surface area contributed by atoms with Crippen LogP contribution in [0.25, 0.3) is 0 Å². The summed E-state index contributed by atoms with van der Waals surface area (Å²) in [5.41, 5.74) is 0.827. The van der Waals surface area contributed by atoms with Crippen LogP contribution in [0.15, 0.2) is 24.0 Å². The molecule has 2 fully saturated rings. The molecule has 0 bridgehead atoms. The summed E-state index contributed by atoms with van der Waals surface area (Å²) in [6.07, 6.45) is 9.84. The number of anilines is 1. The third kappa shape index (κ3) is 9.46. The second-order valence-electron chi connectivity index (χ2n) is 9.99. The number of nitrogens with zero attached hydrogens (tertiary/aromatic N) is 2. The number of hydrogen-bond donors (Lipinski definition) is 5. The van der Waals surface area contributed by atoms with Gasteiger partial charge in [-0.2, -0.15) is 5.10 Å². The van der Waals surface area contributed by atoms with Crippen molar-refractivity contribution in [2.24, 2.45) is 17.8 Å². The van der Waals surface area contributed by atoms with Gasteiger partial charge in [0.25, 0.3) is 0 Å². The normalized spacial score (nSPS) is 16.7. The van der Waals surface area contributed by atoms with E-state index in [2.05, 4.69) is 15.7 Å². The molecule has 0 aromatic carbocycles. The zero-order valence-corrected chi connectivity index (χ0v) is 20.7. The van der Waals surface area contributed by atoms with Crippen molar-refractivity contribution in [3.8, 4) is 0 Å². The molecule has 0 radical (unpaired) electrons. The molecule has 5 N–H and O–H groups in total. The van der Waals surface area contributed by atoms with Gasteiger partial charge in [-0.15, -0.1) is 0 Å². The maximum atomic E-state index is 12.9. The van der Waals surface area contributed by atoms with E-state index in [-0.39, 0.29) is 24.3 Å². The highest BCUT2D eigenvalue weighted by atomic mass is 16.5. The van der Waals surface area contributed by atoms with Gasteiger partial charge >= 0.3 is 0 Å². The average molecular weight is 475 g/mol. The van der Waals surface area contributed by atoms with E-state index < -0.39 is 11.6 Å². The highest BCUT2D eigenvalue weighted by Gasteiger charge is 2.47. The lowest BCUT2D eigenvalue weighted by Crippen LogP contribution is -2.47. The number of hydrogen-bond acceptors (Lipinski definition) is 7. The molecular formula is C24H38N6O4. The molecule has 1 heterocycles. The van der Waals surface area contributed by atoms with E-state index in [1.807, 2.05) is 0 Å². The Morgan fingerprint density at radius 2 is 1.85 bits per heavy atom. The van der Waals surface area contributed by atoms with Gasteiger partial charge in [0, 0.05) is 17.5 Å². The van der Waals surface area contributed by atoms with E-state index in [9.17, 15) is 9.59 Å². The van der Waals surface area contributed by atoms with E-state index in [0.717, 1.165) is 25.7 Å². The van der Waals surface area contributed by atoms with Gasteiger partial charge in [-0.3, -0.25) is 19.7 Å². The summed E-state index contributed by atoms with van der Waals surface area (Å²) in [6, 6.07) is -0.534. The van der Waals surface area contributed by atoms with Crippen LogP contribution in [0.5, 0.6) is 0 Å². The van der Waals surface area contributed by atoms with Crippen molar-refractivity contribution in [1.29, 1.82) is 10.8 Å². The van der Waals surface area contributed by atoms with Crippen LogP contribution in [0.4, 0.5) is 5.69 Å². The molecule has 188 valence electrons. The van der Waals surface area contributed by atoms with Crippen molar-refractivity contribution in [1.82, 2.24) is 15.1 Å². The van der Waals surface area contributed by atoms with Crippen LogP contribution in [-0.4, -0.2) is 57.6 Å². The van der Waals surface area contributed by atoms with Gasteiger partial charge in [-0.25, -0.2) is 0 Å². The predicted octanol–water partition coefficient (Wildman–Crippen LogP) is 2.74. The number of rotatable bonds is 11. The Morgan fingerprint density at radius 1 is 1.29 bits per heavy atom. The summed E-state index contributed by atoms with van der Waals surface area (Å²) in [4.78, 5) is 24.0. The van der Waals surface area contributed by atoms with Crippen LogP contribution in [0.3, 0.4) is 0 Å². The van der Waals surface area contributed by atoms with Crippen LogP contribution >= 0.6 is 0 Å². The smallest absolute Gasteiger partial charge is 0.247 e. The van der Waals surface area contributed by atoms with E-state index in [1.54, 1.807) is 44.6 Å². The molecule has 1 atom stereocenters. The largest absolute Gasteiger partial charge is 0.481 e. The molecular weight excluding hydrogens is 436 g/mol. The van der Waals surface area contributed by atoms with Crippen LogP contribution in [0.1, 0.15) is 53.4 Å². The molecule has 2 saturated carbocycles. The molecule has 0 saturated heterocycles. The molecule has 2 aliphatic rings. The molecule has 34 heavy (non-hydrogen) atoms. The van der Waals surface area contributed by atoms with Gasteiger partial charge < -0.3 is 25.9 Å². The van der Waals surface area contributed by atoms with E-state index in [4.69, 9.17) is 20.7 Å². The molecule has 1 unspecified atom stereocenters. The van der Waals surface area contributed by atoms with Crippen molar-refractivity contribution < 1.29 is 19.4 Å². The fraction of sp³-hybridized carbons (Fsp3) is 0.625. The SMILES string of the molecule is CC(C)(C)O.COC(=N)/C(=C\C(C)=N)Cn1cc(NC(=O)C(NC=O)C(C2CC2)C2CC2)cn1. The van der Waals surface area contributed by atoms with Gasteiger partial charge in [0.15, 0.2) is 0 Å². The standard InChI is InChI=1S/C20H28N6O3.C4H10O/c1-12(21)7-15(19(22)29-2)9-26-10-16(8-24-26)25-20(28)18(23-11-27)17(13-3-4-13)14-5-6-14;1-4(2,3)5/h7-8,10-11,13-14,17-18,21-22H,3-6,9H2,1-2H3,(H,23,27)(H,25,28);5H,1-3H3/b15-7-,21-12?,22-19?;. The van der Waals surface area contributed by atoms with Gasteiger partial charge in [0.05, 0.1) is 31.1 Å². The van der Waals surface area contributed by atoms with Crippen molar-refractivity contribution in [3.63, 3.8) is 0 Å². The first-order chi connectivity index (χ1) is 15.9. The van der Waals surface area contributed by atoms with Crippen LogP contribution in [0.2, 0.25) is 0 Å². The molecule has 0 aliphatic heterocycles.